The number of piperazine rings is 1. The van der Waals surface area contributed by atoms with Gasteiger partial charge in [-0.25, -0.2) is 17.6 Å². The molecule has 2 heterocycles. The van der Waals surface area contributed by atoms with Gasteiger partial charge in [0.2, 0.25) is 5.78 Å². The number of pyridine rings is 1. The molecule has 48 heavy (non-hydrogen) atoms. The van der Waals surface area contributed by atoms with E-state index in [0.717, 1.165) is 27.1 Å². The van der Waals surface area contributed by atoms with Gasteiger partial charge in [-0.15, -0.1) is 0 Å². The third-order valence-corrected chi connectivity index (χ3v) is 8.41. The van der Waals surface area contributed by atoms with Gasteiger partial charge in [-0.3, -0.25) is 19.2 Å². The third-order valence-electron chi connectivity index (χ3n) is 8.41. The molecule has 0 bridgehead atoms. The number of rotatable bonds is 9. The molecule has 1 aliphatic rings. The molecule has 0 spiro atoms. The number of aromatic nitrogens is 1. The minimum absolute atomic E-state index is 0.0992. The van der Waals surface area contributed by atoms with Crippen molar-refractivity contribution in [2.75, 3.05) is 31.1 Å². The fourth-order valence-corrected chi connectivity index (χ4v) is 6.02. The van der Waals surface area contributed by atoms with E-state index >= 15 is 0 Å². The van der Waals surface area contributed by atoms with Crippen molar-refractivity contribution in [2.45, 2.75) is 19.4 Å². The van der Waals surface area contributed by atoms with Gasteiger partial charge in [-0.2, -0.15) is 0 Å². The van der Waals surface area contributed by atoms with Crippen LogP contribution in [0.1, 0.15) is 33.5 Å². The van der Waals surface area contributed by atoms with Crippen LogP contribution in [0.25, 0.3) is 10.8 Å². The van der Waals surface area contributed by atoms with Crippen LogP contribution in [0.15, 0.2) is 95.9 Å². The summed E-state index contributed by atoms with van der Waals surface area (Å²) in [5.74, 6) is -6.82. The Bertz CT molecular complexity index is 2090. The first kappa shape index (κ1) is 32.4. The summed E-state index contributed by atoms with van der Waals surface area (Å²) in [6.07, 6.45) is -0.107. The highest BCUT2D eigenvalue weighted by atomic mass is 19.1. The lowest BCUT2D eigenvalue weighted by Gasteiger charge is -2.36. The first-order chi connectivity index (χ1) is 23.1. The number of fused-ring (bicyclic) bond motifs is 1. The average molecular weight is 656 g/mol. The predicted octanol–water partition coefficient (Wildman–Crippen LogP) is 5.69. The molecule has 0 radical (unpaired) electrons. The van der Waals surface area contributed by atoms with Crippen molar-refractivity contribution in [3.63, 3.8) is 0 Å². The van der Waals surface area contributed by atoms with Crippen LogP contribution in [0.4, 0.5) is 23.2 Å². The van der Waals surface area contributed by atoms with Crippen molar-refractivity contribution in [1.82, 2.24) is 9.47 Å². The number of nitrogens with zero attached hydrogens (tertiary/aromatic N) is 3. The lowest BCUT2D eigenvalue weighted by atomic mass is 10.00. The van der Waals surface area contributed by atoms with E-state index in [1.807, 2.05) is 42.5 Å². The number of hydrogen-bond acceptors (Lipinski definition) is 5. The SMILES string of the molecule is O=C(CC(=O)c1cc(Cc2c(F)cc(F)cc2F)cn(Cc2cccc(F)c2)c1=O)C(=O)N1CCN(c2cccc3ccccc23)CC1. The molecule has 1 aromatic heterocycles. The molecule has 1 saturated heterocycles. The average Bonchev–Trinajstić information content (AvgIpc) is 3.07. The van der Waals surface area contributed by atoms with Crippen LogP contribution in [0.5, 0.6) is 0 Å². The van der Waals surface area contributed by atoms with Crippen molar-refractivity contribution in [2.24, 2.45) is 0 Å². The molecule has 6 rings (SSSR count). The van der Waals surface area contributed by atoms with Gasteiger partial charge in [0, 0.05) is 67.6 Å². The van der Waals surface area contributed by atoms with E-state index in [0.29, 0.717) is 30.8 Å². The summed E-state index contributed by atoms with van der Waals surface area (Å²) in [7, 11) is 0. The highest BCUT2D eigenvalue weighted by Crippen LogP contribution is 2.27. The summed E-state index contributed by atoms with van der Waals surface area (Å²) in [4.78, 5) is 56.5. The first-order valence-electron chi connectivity index (χ1n) is 15.3. The molecule has 1 aliphatic heterocycles. The van der Waals surface area contributed by atoms with Crippen LogP contribution in [0, 0.1) is 23.3 Å². The number of benzene rings is 4. The number of ketones is 2. The molecule has 11 heteroatoms. The number of hydrogen-bond donors (Lipinski definition) is 0. The maximum absolute atomic E-state index is 14.5. The number of carbonyl (C=O) groups is 3. The van der Waals surface area contributed by atoms with E-state index in [4.69, 9.17) is 0 Å². The second-order valence-corrected chi connectivity index (χ2v) is 11.7. The molecule has 1 fully saturated rings. The summed E-state index contributed by atoms with van der Waals surface area (Å²) in [6.45, 7) is 1.21. The summed E-state index contributed by atoms with van der Waals surface area (Å²) in [5.41, 5.74) is -0.343. The van der Waals surface area contributed by atoms with E-state index in [1.165, 1.54) is 29.3 Å². The largest absolute Gasteiger partial charge is 0.367 e. The van der Waals surface area contributed by atoms with E-state index in [9.17, 15) is 36.7 Å². The smallest absolute Gasteiger partial charge is 0.290 e. The van der Waals surface area contributed by atoms with Crippen LogP contribution in [-0.4, -0.2) is 53.1 Å². The third kappa shape index (κ3) is 6.90. The van der Waals surface area contributed by atoms with Crippen molar-refractivity contribution in [1.29, 1.82) is 0 Å². The van der Waals surface area contributed by atoms with Crippen molar-refractivity contribution < 1.29 is 31.9 Å². The molecule has 1 amide bonds. The Kier molecular flexibility index (Phi) is 9.20. The Labute approximate surface area is 272 Å². The molecule has 244 valence electrons. The minimum atomic E-state index is -1.16. The van der Waals surface area contributed by atoms with E-state index in [-0.39, 0.29) is 25.2 Å². The van der Waals surface area contributed by atoms with Gasteiger partial charge < -0.3 is 14.4 Å². The zero-order valence-electron chi connectivity index (χ0n) is 25.6. The molecule has 0 aliphatic carbocycles. The van der Waals surface area contributed by atoms with Gasteiger partial charge in [-0.05, 0) is 40.8 Å². The van der Waals surface area contributed by atoms with E-state index in [2.05, 4.69) is 4.90 Å². The predicted molar refractivity (Wildman–Crippen MR) is 172 cm³/mol. The molecule has 4 aromatic carbocycles. The number of anilines is 1. The highest BCUT2D eigenvalue weighted by molar-refractivity contribution is 6.40. The summed E-state index contributed by atoms with van der Waals surface area (Å²) in [5, 5.41) is 2.14. The van der Waals surface area contributed by atoms with Crippen LogP contribution in [0.3, 0.4) is 0 Å². The van der Waals surface area contributed by atoms with Crippen LogP contribution < -0.4 is 10.5 Å². The van der Waals surface area contributed by atoms with Crippen molar-refractivity contribution >= 4 is 33.9 Å². The van der Waals surface area contributed by atoms with Gasteiger partial charge in [0.15, 0.2) is 5.78 Å². The fourth-order valence-electron chi connectivity index (χ4n) is 6.02. The summed E-state index contributed by atoms with van der Waals surface area (Å²) in [6, 6.07) is 21.4. The summed E-state index contributed by atoms with van der Waals surface area (Å²) >= 11 is 0. The molecule has 0 saturated carbocycles. The highest BCUT2D eigenvalue weighted by Gasteiger charge is 2.29. The Morgan fingerprint density at radius 1 is 0.708 bits per heavy atom. The number of carbonyl (C=O) groups excluding carboxylic acids is 3. The van der Waals surface area contributed by atoms with Gasteiger partial charge in [0.05, 0.1) is 18.5 Å². The molecule has 5 aromatic rings. The molecule has 0 unspecified atom stereocenters. The van der Waals surface area contributed by atoms with Gasteiger partial charge in [-0.1, -0.05) is 48.5 Å². The summed E-state index contributed by atoms with van der Waals surface area (Å²) < 4.78 is 57.5. The Hall–Kier alpha value is -5.58. The second-order valence-electron chi connectivity index (χ2n) is 11.7. The minimum Gasteiger partial charge on any atom is -0.367 e. The van der Waals surface area contributed by atoms with Gasteiger partial charge in [0.1, 0.15) is 23.3 Å². The first-order valence-corrected chi connectivity index (χ1v) is 15.3. The van der Waals surface area contributed by atoms with Crippen molar-refractivity contribution in [3.05, 3.63) is 147 Å². The fraction of sp³-hybridized carbons (Fsp3) is 0.189. The molecule has 0 N–H and O–H groups in total. The van der Waals surface area contributed by atoms with Gasteiger partial charge in [0.25, 0.3) is 11.5 Å². The maximum atomic E-state index is 14.5. The number of Topliss-reactive ketones (excluding diaryl/α,β-unsaturated/α-hetero) is 2. The van der Waals surface area contributed by atoms with Gasteiger partial charge >= 0.3 is 0 Å². The Balaban J connectivity index is 1.20. The standard InChI is InChI=1S/C37H29F4N3O4/c38-26-8-3-5-23(15-26)21-44-22-24(16-29-31(40)18-27(39)19-32(29)41)17-30(36(44)47)34(45)20-35(46)37(48)43-13-11-42(12-14-43)33-10-4-7-25-6-1-2-9-28(25)33/h1-10,15,17-19,22H,11-14,16,20-21H2. The van der Waals surface area contributed by atoms with E-state index in [1.54, 1.807) is 6.07 Å². The lowest BCUT2D eigenvalue weighted by Crippen LogP contribution is -2.51. The molecule has 7 nitrogen and oxygen atoms in total. The van der Waals surface area contributed by atoms with Crippen LogP contribution in [0.2, 0.25) is 0 Å². The van der Waals surface area contributed by atoms with Crippen LogP contribution in [-0.2, 0) is 22.6 Å². The zero-order chi connectivity index (χ0) is 33.9. The number of halogens is 4. The molecular weight excluding hydrogens is 626 g/mol. The van der Waals surface area contributed by atoms with Crippen molar-refractivity contribution in [3.8, 4) is 0 Å². The topological polar surface area (TPSA) is 79.7 Å². The Morgan fingerprint density at radius 2 is 1.40 bits per heavy atom. The maximum Gasteiger partial charge on any atom is 0.290 e. The monoisotopic (exact) mass is 655 g/mol. The molecular formula is C37H29F4N3O4. The second kappa shape index (κ2) is 13.6. The van der Waals surface area contributed by atoms with Crippen LogP contribution >= 0.6 is 0 Å². The Morgan fingerprint density at radius 3 is 2.12 bits per heavy atom. The number of amides is 1. The van der Waals surface area contributed by atoms with E-state index < -0.39 is 70.3 Å². The zero-order valence-corrected chi connectivity index (χ0v) is 25.6. The molecule has 0 atom stereocenters. The lowest BCUT2D eigenvalue weighted by molar-refractivity contribution is -0.144. The normalized spacial score (nSPS) is 13.2. The quantitative estimate of drug-likeness (QED) is 0.0883.